The summed E-state index contributed by atoms with van der Waals surface area (Å²) >= 11 is 0. The molecule has 3 aromatic rings. The van der Waals surface area contributed by atoms with Crippen LogP contribution in [0.1, 0.15) is 70.6 Å². The van der Waals surface area contributed by atoms with Crippen molar-refractivity contribution >= 4 is 32.9 Å². The Morgan fingerprint density at radius 3 is 1.64 bits per heavy atom. The molecule has 0 aliphatic carbocycles. The Hall–Kier alpha value is -4.38. The summed E-state index contributed by atoms with van der Waals surface area (Å²) in [4.78, 5) is 27.9. The number of carbonyl (C=O) groups excluding carboxylic acids is 1. The van der Waals surface area contributed by atoms with E-state index < -0.39 is 168 Å². The third-order valence-electron chi connectivity index (χ3n) is 15.5. The number of unbranched alkanes of at least 4 members (excludes halogenated alkanes) is 2. The van der Waals surface area contributed by atoms with Gasteiger partial charge >= 0.3 is 32.9 Å². The minimum atomic E-state index is -5.07. The fourth-order valence-electron chi connectivity index (χ4n) is 10.4. The number of benzene rings is 3. The van der Waals surface area contributed by atoms with Crippen LogP contribution in [0.25, 0.3) is 0 Å². The molecule has 28 heteroatoms. The second kappa shape index (κ2) is 30.3. The smallest absolute Gasteiger partial charge is 0.410 e. The van der Waals surface area contributed by atoms with E-state index in [1.54, 1.807) is 56.9 Å². The monoisotopic (exact) mass is 1210 g/mol. The molecule has 4 heterocycles. The number of aliphatic hydroxyl groups is 3. The van der Waals surface area contributed by atoms with Gasteiger partial charge in [0.1, 0.15) is 49.3 Å². The Morgan fingerprint density at radius 1 is 0.554 bits per heavy atom. The first-order valence-corrected chi connectivity index (χ1v) is 30.2. The fourth-order valence-corrected chi connectivity index (χ4v) is 11.0. The molecule has 4 fully saturated rings. The van der Waals surface area contributed by atoms with Crippen LogP contribution >= 0.6 is 0 Å². The largest absolute Gasteiger partial charge is 0.479 e. The number of carboxylic acids is 1. The highest BCUT2D eigenvalue weighted by atomic mass is 32.3. The van der Waals surface area contributed by atoms with Gasteiger partial charge in [0.15, 0.2) is 31.3 Å². The molecule has 0 saturated carbocycles. The minimum absolute atomic E-state index is 0.0223. The molecule has 0 radical (unpaired) electrons. The topological polar surface area (TPSA) is 364 Å². The van der Waals surface area contributed by atoms with E-state index in [1.807, 2.05) is 66.7 Å². The highest BCUT2D eigenvalue weighted by molar-refractivity contribution is 7.81. The maximum atomic E-state index is 13.2. The molecule has 0 spiro atoms. The van der Waals surface area contributed by atoms with Gasteiger partial charge in [-0.25, -0.2) is 18.0 Å². The molecule has 1 amide bonds. The van der Waals surface area contributed by atoms with Crippen LogP contribution in [0.4, 0.5) is 4.79 Å². The first-order valence-electron chi connectivity index (χ1n) is 27.5. The predicted molar refractivity (Wildman–Crippen MR) is 289 cm³/mol. The average Bonchev–Trinajstić information content (AvgIpc) is 3.65. The van der Waals surface area contributed by atoms with Gasteiger partial charge in [0.05, 0.1) is 44.2 Å². The Morgan fingerprint density at radius 2 is 1.07 bits per heavy atom. The van der Waals surface area contributed by atoms with Crippen molar-refractivity contribution in [3.63, 3.8) is 0 Å². The van der Waals surface area contributed by atoms with Gasteiger partial charge < -0.3 is 78.4 Å². The average molecular weight is 1220 g/mol. The van der Waals surface area contributed by atoms with Crippen LogP contribution in [-0.4, -0.2) is 188 Å². The number of rotatable bonds is 27. The first-order chi connectivity index (χ1) is 39.4. The molecule has 83 heavy (non-hydrogen) atoms. The third kappa shape index (κ3) is 18.6. The summed E-state index contributed by atoms with van der Waals surface area (Å²) in [7, 11) is -10.1. The van der Waals surface area contributed by atoms with Crippen molar-refractivity contribution in [2.24, 2.45) is 29.4 Å². The molecule has 3 aromatic carbocycles. The van der Waals surface area contributed by atoms with Gasteiger partial charge in [-0.1, -0.05) is 119 Å². The van der Waals surface area contributed by atoms with E-state index in [2.05, 4.69) is 0 Å². The van der Waals surface area contributed by atoms with Gasteiger partial charge in [0.2, 0.25) is 0 Å². The highest BCUT2D eigenvalue weighted by Crippen LogP contribution is 2.41. The number of nitrogens with two attached hydrogens (primary N) is 1. The lowest BCUT2D eigenvalue weighted by Crippen LogP contribution is -2.64. The normalized spacial score (nSPS) is 34.2. The van der Waals surface area contributed by atoms with E-state index in [0.29, 0.717) is 32.4 Å². The van der Waals surface area contributed by atoms with Crippen molar-refractivity contribution in [3.05, 3.63) is 108 Å². The fraction of sp³-hybridized carbons (Fsp3) is 0.636. The van der Waals surface area contributed by atoms with Crippen LogP contribution in [0.3, 0.4) is 0 Å². The number of aliphatic hydroxyl groups excluding tert-OH is 3. The van der Waals surface area contributed by atoms with Crippen molar-refractivity contribution in [2.45, 2.75) is 172 Å². The van der Waals surface area contributed by atoms with E-state index in [9.17, 15) is 56.0 Å². The van der Waals surface area contributed by atoms with Crippen LogP contribution < -0.4 is 5.73 Å². The molecule has 20 atom stereocenters. The minimum Gasteiger partial charge on any atom is -0.479 e. The van der Waals surface area contributed by atoms with Gasteiger partial charge in [-0.2, -0.15) is 16.8 Å². The van der Waals surface area contributed by atoms with Crippen molar-refractivity contribution in [1.29, 1.82) is 0 Å². The molecule has 0 bridgehead atoms. The molecule has 4 aliphatic heterocycles. The SMILES string of the molecule is CC1[C@@H](O[C@@H]2C(C(=O)O)O[C@@H](O[C@@H]3C(COS(=O)(=O)O)O[C@H](OCCCCCN(Cc4ccccc4)C(=O)OCc4ccccc4)C(N)[C@H]3C)C(O)[C@H]2C)OC(COS(=O)(=O)O)[C@@H](O[C@@H]2OC(C)[C@@H](O)[C@@H](OCc3ccccc3)C2O)[C@@H]1C. The second-order valence-electron chi connectivity index (χ2n) is 21.4. The standard InChI is InChI=1S/C55H78N2O24S2/c1-31-32(2)51(76-39(29-73-82(64,65)66)45(31)78-54-44(60)48(43(59)35(5)75-54)71-27-37-20-12-7-13-21-37)80-47-34(4)42(58)53(81-49(47)50(61)62)79-46-33(3)41(56)52(77-40(46)30-74-83(67,68)69)70-25-17-9-16-24-57(26-36-18-10-6-11-19-36)55(63)72-28-38-22-14-8-15-23-38/h6-8,10-15,18-23,31-35,39-49,51-54,58-60H,9,16-17,24-30,56H2,1-5H3,(H,61,62)(H,64,65,66)(H,67,68,69)/t31-,32?,33-,34-,35?,39?,40?,41?,42?,43-,44?,45+,46+,47+,48-,49?,51-,52+,53-,54+/m1/s1. The summed E-state index contributed by atoms with van der Waals surface area (Å²) in [5.74, 6) is -4.94. The number of ether oxygens (including phenoxy) is 10. The number of amides is 1. The van der Waals surface area contributed by atoms with Crippen LogP contribution in [0.15, 0.2) is 91.0 Å². The zero-order valence-corrected chi connectivity index (χ0v) is 48.3. The van der Waals surface area contributed by atoms with E-state index >= 15 is 0 Å². The maximum absolute atomic E-state index is 13.2. The molecule has 4 aliphatic rings. The summed E-state index contributed by atoms with van der Waals surface area (Å²) in [6.07, 6.45) is -19.9. The van der Waals surface area contributed by atoms with E-state index in [1.165, 1.54) is 6.92 Å². The van der Waals surface area contributed by atoms with Crippen molar-refractivity contribution in [3.8, 4) is 0 Å². The molecule has 8 N–H and O–H groups in total. The van der Waals surface area contributed by atoms with Gasteiger partial charge in [-0.15, -0.1) is 0 Å². The summed E-state index contributed by atoms with van der Waals surface area (Å²) in [6, 6.07) is 26.8. The van der Waals surface area contributed by atoms with Gasteiger partial charge in [0.25, 0.3) is 0 Å². The molecule has 26 nitrogen and oxygen atoms in total. The number of nitrogens with zero attached hydrogens (tertiary/aromatic N) is 1. The van der Waals surface area contributed by atoms with E-state index in [4.69, 9.17) is 61.5 Å². The number of carbonyl (C=O) groups is 2. The molecular weight excluding hydrogens is 1140 g/mol. The third-order valence-corrected chi connectivity index (χ3v) is 16.3. The van der Waals surface area contributed by atoms with Crippen LogP contribution in [-0.2, 0) is 101 Å². The Kier molecular flexibility index (Phi) is 24.2. The zero-order chi connectivity index (χ0) is 60.2. The second-order valence-corrected chi connectivity index (χ2v) is 23.6. The van der Waals surface area contributed by atoms with Crippen molar-refractivity contribution in [1.82, 2.24) is 4.90 Å². The van der Waals surface area contributed by atoms with Gasteiger partial charge in [-0.05, 0) is 48.8 Å². The highest BCUT2D eigenvalue weighted by Gasteiger charge is 2.55. The molecule has 7 rings (SSSR count). The number of carboxylic acid groups (broad SMARTS) is 1. The maximum Gasteiger partial charge on any atom is 0.410 e. The molecule has 4 saturated heterocycles. The van der Waals surface area contributed by atoms with E-state index in [0.717, 1.165) is 16.7 Å². The zero-order valence-electron chi connectivity index (χ0n) is 46.7. The number of hydrogen-bond donors (Lipinski definition) is 7. The van der Waals surface area contributed by atoms with Crippen LogP contribution in [0.2, 0.25) is 0 Å². The molecule has 8 unspecified atom stereocenters. The predicted octanol–water partition coefficient (Wildman–Crippen LogP) is 3.35. The molecule has 0 aromatic heterocycles. The molecular formula is C55H78N2O24S2. The lowest BCUT2D eigenvalue weighted by Gasteiger charge is -2.50. The molecule has 464 valence electrons. The Labute approximate surface area is 483 Å². The Balaban J connectivity index is 0.973. The summed E-state index contributed by atoms with van der Waals surface area (Å²) < 4.78 is 137. The number of hydrogen-bond acceptors (Lipinski definition) is 22. The van der Waals surface area contributed by atoms with Crippen LogP contribution in [0, 0.1) is 23.7 Å². The quantitative estimate of drug-likeness (QED) is 0.0425. The summed E-state index contributed by atoms with van der Waals surface area (Å²) in [5.41, 5.74) is 9.19. The lowest BCUT2D eigenvalue weighted by molar-refractivity contribution is -0.366. The van der Waals surface area contributed by atoms with Crippen molar-refractivity contribution in [2.75, 3.05) is 26.4 Å². The van der Waals surface area contributed by atoms with Crippen molar-refractivity contribution < 1.29 is 112 Å². The number of aliphatic carboxylic acids is 1. The van der Waals surface area contributed by atoms with Gasteiger partial charge in [-0.3, -0.25) is 9.11 Å². The first kappa shape index (κ1) is 66.2. The lowest BCUT2D eigenvalue weighted by atomic mass is 9.84. The Bertz CT molecular complexity index is 2710. The summed E-state index contributed by atoms with van der Waals surface area (Å²) in [6.45, 7) is 7.20. The van der Waals surface area contributed by atoms with Crippen LogP contribution in [0.5, 0.6) is 0 Å². The van der Waals surface area contributed by atoms with Gasteiger partial charge in [0, 0.05) is 37.5 Å². The van der Waals surface area contributed by atoms with E-state index in [-0.39, 0.29) is 19.8 Å². The summed E-state index contributed by atoms with van der Waals surface area (Å²) in [5, 5.41) is 44.9.